The molecule has 0 aromatic heterocycles. The Morgan fingerprint density at radius 1 is 0.897 bits per heavy atom. The van der Waals surface area contributed by atoms with E-state index in [1.807, 2.05) is 25.2 Å². The number of ether oxygens (including phenoxy) is 3. The van der Waals surface area contributed by atoms with Gasteiger partial charge in [0.05, 0.1) is 30.1 Å². The molecule has 156 valence electrons. The van der Waals surface area contributed by atoms with Crippen LogP contribution in [0.15, 0.2) is 36.4 Å². The van der Waals surface area contributed by atoms with E-state index in [-0.39, 0.29) is 12.4 Å². The van der Waals surface area contributed by atoms with Gasteiger partial charge in [0, 0.05) is 19.2 Å². The Hall–Kier alpha value is -3.40. The quantitative estimate of drug-likeness (QED) is 0.413. The van der Waals surface area contributed by atoms with Gasteiger partial charge in [0.1, 0.15) is 12.4 Å². The van der Waals surface area contributed by atoms with E-state index in [1.54, 1.807) is 14.2 Å². The van der Waals surface area contributed by atoms with Crippen molar-refractivity contribution in [1.29, 1.82) is 0 Å². The van der Waals surface area contributed by atoms with E-state index >= 15 is 0 Å². The van der Waals surface area contributed by atoms with Crippen molar-refractivity contribution in [3.05, 3.63) is 62.2 Å². The van der Waals surface area contributed by atoms with Gasteiger partial charge >= 0.3 is 11.4 Å². The molecule has 0 bridgehead atoms. The molecule has 0 saturated heterocycles. The lowest BCUT2D eigenvalue weighted by molar-refractivity contribution is -0.422. The van der Waals surface area contributed by atoms with Crippen LogP contribution in [0.25, 0.3) is 0 Å². The highest BCUT2D eigenvalue weighted by molar-refractivity contribution is 5.55. The molecule has 0 N–H and O–H groups in total. The summed E-state index contributed by atoms with van der Waals surface area (Å²) in [6, 6.07) is 9.27. The molecule has 2 aromatic rings. The molecule has 0 spiro atoms. The molecule has 0 aliphatic heterocycles. The summed E-state index contributed by atoms with van der Waals surface area (Å²) in [6.45, 7) is 1.63. The van der Waals surface area contributed by atoms with Crippen LogP contribution in [0, 0.1) is 20.2 Å². The van der Waals surface area contributed by atoms with Crippen molar-refractivity contribution in [2.24, 2.45) is 0 Å². The van der Waals surface area contributed by atoms with E-state index in [0.29, 0.717) is 18.0 Å². The zero-order valence-electron chi connectivity index (χ0n) is 16.5. The first-order chi connectivity index (χ1) is 13.8. The van der Waals surface area contributed by atoms with Crippen molar-refractivity contribution in [1.82, 2.24) is 4.90 Å². The lowest BCUT2D eigenvalue weighted by atomic mass is 10.1. The van der Waals surface area contributed by atoms with Crippen molar-refractivity contribution in [2.75, 3.05) is 41.0 Å². The Morgan fingerprint density at radius 3 is 2.21 bits per heavy atom. The molecule has 29 heavy (non-hydrogen) atoms. The number of hydrogen-bond donors (Lipinski definition) is 0. The highest BCUT2D eigenvalue weighted by Crippen LogP contribution is 2.30. The monoisotopic (exact) mass is 405 g/mol. The SMILES string of the molecule is COc1ccc(CCN(C)CCOc2ccc([N+](=O)[O-])c([N+](=O)[O-])c2)cc1OC. The molecule has 0 atom stereocenters. The second-order valence-corrected chi connectivity index (χ2v) is 6.26. The molecule has 0 unspecified atom stereocenters. The summed E-state index contributed by atoms with van der Waals surface area (Å²) in [5.74, 6) is 1.57. The van der Waals surface area contributed by atoms with Gasteiger partial charge in [-0.1, -0.05) is 6.07 Å². The standard InChI is InChI=1S/C19H23N3O7/c1-20(9-8-14-4-7-18(27-2)19(12-14)28-3)10-11-29-15-5-6-16(21(23)24)17(13-15)22(25)26/h4-7,12-13H,8-11H2,1-3H3. The van der Waals surface area contributed by atoms with Gasteiger partial charge < -0.3 is 19.1 Å². The van der Waals surface area contributed by atoms with Gasteiger partial charge in [-0.05, 0) is 37.2 Å². The highest BCUT2D eigenvalue weighted by Gasteiger charge is 2.24. The van der Waals surface area contributed by atoms with Crippen LogP contribution in [-0.2, 0) is 6.42 Å². The third-order valence-electron chi connectivity index (χ3n) is 4.31. The second kappa shape index (κ2) is 10.2. The van der Waals surface area contributed by atoms with E-state index in [2.05, 4.69) is 4.90 Å². The molecule has 0 heterocycles. The van der Waals surface area contributed by atoms with Crippen LogP contribution in [0.3, 0.4) is 0 Å². The summed E-state index contributed by atoms with van der Waals surface area (Å²) in [5, 5.41) is 21.8. The molecule has 0 fully saturated rings. The van der Waals surface area contributed by atoms with Gasteiger partial charge in [0.15, 0.2) is 11.5 Å². The third-order valence-corrected chi connectivity index (χ3v) is 4.31. The molecule has 0 saturated carbocycles. The normalized spacial score (nSPS) is 10.6. The van der Waals surface area contributed by atoms with Crippen LogP contribution in [-0.4, -0.2) is 55.7 Å². The zero-order chi connectivity index (χ0) is 21.4. The van der Waals surface area contributed by atoms with E-state index in [4.69, 9.17) is 14.2 Å². The van der Waals surface area contributed by atoms with Gasteiger partial charge in [-0.3, -0.25) is 20.2 Å². The Bertz CT molecular complexity index is 873. The number of rotatable bonds is 11. The van der Waals surface area contributed by atoms with Crippen LogP contribution in [0.1, 0.15) is 5.56 Å². The largest absolute Gasteiger partial charge is 0.493 e. The molecule has 0 amide bonds. The minimum Gasteiger partial charge on any atom is -0.493 e. The first-order valence-electron chi connectivity index (χ1n) is 8.80. The minimum atomic E-state index is -0.791. The maximum Gasteiger partial charge on any atom is 0.349 e. The van der Waals surface area contributed by atoms with Crippen LogP contribution >= 0.6 is 0 Å². The summed E-state index contributed by atoms with van der Waals surface area (Å²) < 4.78 is 16.0. The lowest BCUT2D eigenvalue weighted by Gasteiger charge is -2.17. The maximum atomic E-state index is 11.0. The highest BCUT2D eigenvalue weighted by atomic mass is 16.6. The number of nitrogens with zero attached hydrogens (tertiary/aromatic N) is 3. The van der Waals surface area contributed by atoms with Gasteiger partial charge in [-0.15, -0.1) is 0 Å². The molecular formula is C19H23N3O7. The predicted octanol–water partition coefficient (Wildman–Crippen LogP) is 3.07. The van der Waals surface area contributed by atoms with Gasteiger partial charge in [-0.2, -0.15) is 0 Å². The topological polar surface area (TPSA) is 117 Å². The second-order valence-electron chi connectivity index (χ2n) is 6.26. The molecule has 0 aliphatic rings. The number of likely N-dealkylation sites (N-methyl/N-ethyl adjacent to an activating group) is 1. The van der Waals surface area contributed by atoms with Gasteiger partial charge in [0.2, 0.25) is 0 Å². The summed E-state index contributed by atoms with van der Waals surface area (Å²) in [6.07, 6.45) is 0.792. The number of hydrogen-bond acceptors (Lipinski definition) is 8. The van der Waals surface area contributed by atoms with E-state index in [9.17, 15) is 20.2 Å². The molecular weight excluding hydrogens is 382 g/mol. The van der Waals surface area contributed by atoms with Crippen LogP contribution in [0.2, 0.25) is 0 Å². The predicted molar refractivity (Wildman–Crippen MR) is 106 cm³/mol. The first kappa shape index (κ1) is 21.9. The average Bonchev–Trinajstić information content (AvgIpc) is 2.71. The minimum absolute atomic E-state index is 0.218. The summed E-state index contributed by atoms with van der Waals surface area (Å²) in [7, 11) is 5.11. The maximum absolute atomic E-state index is 11.0. The van der Waals surface area contributed by atoms with Gasteiger partial charge in [0.25, 0.3) is 0 Å². The van der Waals surface area contributed by atoms with E-state index in [1.165, 1.54) is 6.07 Å². The fraction of sp³-hybridized carbons (Fsp3) is 0.368. The van der Waals surface area contributed by atoms with Crippen molar-refractivity contribution in [2.45, 2.75) is 6.42 Å². The average molecular weight is 405 g/mol. The van der Waals surface area contributed by atoms with Gasteiger partial charge in [-0.25, -0.2) is 0 Å². The van der Waals surface area contributed by atoms with Crippen molar-refractivity contribution < 1.29 is 24.1 Å². The Labute approximate surface area is 167 Å². The lowest BCUT2D eigenvalue weighted by Crippen LogP contribution is -2.26. The Balaban J connectivity index is 1.85. The Morgan fingerprint density at radius 2 is 1.59 bits per heavy atom. The van der Waals surface area contributed by atoms with E-state index in [0.717, 1.165) is 30.7 Å². The fourth-order valence-corrected chi connectivity index (χ4v) is 2.68. The molecule has 2 rings (SSSR count). The fourth-order valence-electron chi connectivity index (χ4n) is 2.68. The van der Waals surface area contributed by atoms with Crippen LogP contribution < -0.4 is 14.2 Å². The summed E-state index contributed by atoms with van der Waals surface area (Å²) >= 11 is 0. The van der Waals surface area contributed by atoms with Crippen molar-refractivity contribution >= 4 is 11.4 Å². The number of nitro groups is 2. The van der Waals surface area contributed by atoms with Crippen LogP contribution in [0.4, 0.5) is 11.4 Å². The van der Waals surface area contributed by atoms with E-state index < -0.39 is 21.2 Å². The first-order valence-corrected chi connectivity index (χ1v) is 8.80. The molecule has 10 nitrogen and oxygen atoms in total. The number of nitro benzene ring substituents is 2. The summed E-state index contributed by atoms with van der Waals surface area (Å²) in [5.41, 5.74) is -0.0508. The Kier molecular flexibility index (Phi) is 7.72. The zero-order valence-corrected chi connectivity index (χ0v) is 16.5. The number of methoxy groups -OCH3 is 2. The van der Waals surface area contributed by atoms with Crippen LogP contribution in [0.5, 0.6) is 17.2 Å². The molecule has 0 radical (unpaired) electrons. The molecule has 0 aliphatic carbocycles. The smallest absolute Gasteiger partial charge is 0.349 e. The molecule has 10 heteroatoms. The number of benzene rings is 2. The third kappa shape index (κ3) is 6.04. The summed E-state index contributed by atoms with van der Waals surface area (Å²) in [4.78, 5) is 22.3. The molecule has 2 aromatic carbocycles. The van der Waals surface area contributed by atoms with Crippen molar-refractivity contribution in [3.63, 3.8) is 0 Å². The van der Waals surface area contributed by atoms with Crippen molar-refractivity contribution in [3.8, 4) is 17.2 Å².